The highest BCUT2D eigenvalue weighted by Gasteiger charge is 2.59. The number of hydrogen-bond donors (Lipinski definition) is 0. The molecule has 4 rings (SSSR count). The lowest BCUT2D eigenvalue weighted by Gasteiger charge is -2.30. The summed E-state index contributed by atoms with van der Waals surface area (Å²) < 4.78 is 16.4. The van der Waals surface area contributed by atoms with E-state index in [0.29, 0.717) is 37.8 Å². The van der Waals surface area contributed by atoms with Crippen molar-refractivity contribution in [2.75, 3.05) is 27.1 Å². The van der Waals surface area contributed by atoms with Crippen molar-refractivity contribution >= 4 is 5.71 Å². The lowest BCUT2D eigenvalue weighted by Crippen LogP contribution is -2.38. The molecule has 0 unspecified atom stereocenters. The Morgan fingerprint density at radius 3 is 2.87 bits per heavy atom. The van der Waals surface area contributed by atoms with Gasteiger partial charge in [0.1, 0.15) is 12.9 Å². The predicted molar refractivity (Wildman–Crippen MR) is 85.1 cm³/mol. The van der Waals surface area contributed by atoms with Crippen LogP contribution in [0.25, 0.3) is 0 Å². The number of fused-ring (bicyclic) bond motifs is 5. The van der Waals surface area contributed by atoms with Crippen LogP contribution in [0.15, 0.2) is 35.5 Å². The number of methoxy groups -OCH3 is 1. The summed E-state index contributed by atoms with van der Waals surface area (Å²) in [6, 6.07) is 10.4. The van der Waals surface area contributed by atoms with E-state index in [1.54, 1.807) is 7.11 Å². The van der Waals surface area contributed by atoms with Crippen molar-refractivity contribution in [1.29, 1.82) is 0 Å². The number of benzene rings is 1. The predicted octanol–water partition coefficient (Wildman–Crippen LogP) is 2.45. The van der Waals surface area contributed by atoms with Crippen molar-refractivity contribution in [1.82, 2.24) is 0 Å². The molecule has 0 aromatic heterocycles. The van der Waals surface area contributed by atoms with E-state index < -0.39 is 0 Å². The van der Waals surface area contributed by atoms with Crippen LogP contribution in [-0.4, -0.2) is 45.0 Å². The van der Waals surface area contributed by atoms with Gasteiger partial charge in [-0.1, -0.05) is 35.5 Å². The zero-order chi connectivity index (χ0) is 15.6. The summed E-state index contributed by atoms with van der Waals surface area (Å²) in [5, 5.41) is 4.40. The summed E-state index contributed by atoms with van der Waals surface area (Å²) in [5.74, 6) is 1.40. The summed E-state index contributed by atoms with van der Waals surface area (Å²) in [6.07, 6.45) is 2.71. The van der Waals surface area contributed by atoms with Gasteiger partial charge in [0.25, 0.3) is 0 Å². The Kier molecular flexibility index (Phi) is 4.33. The smallest absolute Gasteiger partial charge is 0.147 e. The molecule has 2 saturated carbocycles. The van der Waals surface area contributed by atoms with Gasteiger partial charge in [-0.15, -0.1) is 0 Å². The van der Waals surface area contributed by atoms with Crippen LogP contribution >= 0.6 is 0 Å². The standard InChI is InChI=1S/C18H23NO4/c1-20-7-8-21-11-22-15-10-13-9-14(15)16-17(19-23-18(13)16)12-5-3-2-4-6-12/h2-6,13-16,18H,7-11H2,1H3/t13-,14+,15-,16-,18-/m0/s1. The molecule has 1 aromatic rings. The van der Waals surface area contributed by atoms with Crippen LogP contribution in [0.1, 0.15) is 18.4 Å². The molecule has 5 atom stereocenters. The summed E-state index contributed by atoms with van der Waals surface area (Å²) in [7, 11) is 1.67. The Bertz CT molecular complexity index is 561. The highest BCUT2D eigenvalue weighted by Crippen LogP contribution is 2.54. The number of hydrogen-bond acceptors (Lipinski definition) is 5. The number of nitrogens with zero attached hydrogens (tertiary/aromatic N) is 1. The van der Waals surface area contributed by atoms with Crippen LogP contribution in [0.3, 0.4) is 0 Å². The molecule has 5 heteroatoms. The van der Waals surface area contributed by atoms with Crippen molar-refractivity contribution in [3.8, 4) is 0 Å². The van der Waals surface area contributed by atoms with E-state index in [4.69, 9.17) is 19.0 Å². The fraction of sp³-hybridized carbons (Fsp3) is 0.611. The maximum Gasteiger partial charge on any atom is 0.147 e. The van der Waals surface area contributed by atoms with Gasteiger partial charge >= 0.3 is 0 Å². The first-order valence-electron chi connectivity index (χ1n) is 8.36. The molecule has 1 aliphatic heterocycles. The molecule has 1 heterocycles. The number of rotatable bonds is 7. The second kappa shape index (κ2) is 6.59. The van der Waals surface area contributed by atoms with Crippen molar-refractivity contribution in [3.63, 3.8) is 0 Å². The zero-order valence-corrected chi connectivity index (χ0v) is 13.4. The summed E-state index contributed by atoms with van der Waals surface area (Å²) in [4.78, 5) is 5.77. The summed E-state index contributed by atoms with van der Waals surface area (Å²) in [5.41, 5.74) is 2.26. The average molecular weight is 317 g/mol. The molecule has 2 fully saturated rings. The van der Waals surface area contributed by atoms with Crippen molar-refractivity contribution in [2.45, 2.75) is 25.0 Å². The number of oxime groups is 1. The summed E-state index contributed by atoms with van der Waals surface area (Å²) >= 11 is 0. The highest BCUT2D eigenvalue weighted by molar-refractivity contribution is 6.03. The minimum Gasteiger partial charge on any atom is -0.391 e. The van der Waals surface area contributed by atoms with E-state index in [2.05, 4.69) is 29.4 Å². The first-order chi connectivity index (χ1) is 11.4. The molecule has 0 amide bonds. The molecule has 2 aliphatic carbocycles. The van der Waals surface area contributed by atoms with Gasteiger partial charge in [-0.25, -0.2) is 0 Å². The lowest BCUT2D eigenvalue weighted by molar-refractivity contribution is -0.122. The number of ether oxygens (including phenoxy) is 3. The van der Waals surface area contributed by atoms with Gasteiger partial charge in [-0.3, -0.25) is 0 Å². The maximum atomic E-state index is 5.99. The van der Waals surface area contributed by atoms with E-state index in [-0.39, 0.29) is 12.2 Å². The van der Waals surface area contributed by atoms with E-state index in [1.165, 1.54) is 12.0 Å². The van der Waals surface area contributed by atoms with Crippen molar-refractivity contribution < 1.29 is 19.0 Å². The molecule has 2 bridgehead atoms. The monoisotopic (exact) mass is 317 g/mol. The molecule has 23 heavy (non-hydrogen) atoms. The molecular formula is C18H23NO4. The molecule has 0 saturated heterocycles. The third-order valence-electron chi connectivity index (χ3n) is 5.32. The first-order valence-corrected chi connectivity index (χ1v) is 8.36. The van der Waals surface area contributed by atoms with Crippen molar-refractivity contribution in [3.05, 3.63) is 35.9 Å². The molecule has 0 N–H and O–H groups in total. The maximum absolute atomic E-state index is 5.99. The second-order valence-electron chi connectivity index (χ2n) is 6.56. The van der Waals surface area contributed by atoms with Gasteiger partial charge in [-0.2, -0.15) is 0 Å². The van der Waals surface area contributed by atoms with Gasteiger partial charge < -0.3 is 19.0 Å². The van der Waals surface area contributed by atoms with Gasteiger partial charge in [0.05, 0.1) is 30.9 Å². The Morgan fingerprint density at radius 2 is 2.04 bits per heavy atom. The van der Waals surface area contributed by atoms with Gasteiger partial charge in [0, 0.05) is 13.0 Å². The van der Waals surface area contributed by atoms with Crippen molar-refractivity contribution in [2.24, 2.45) is 22.9 Å². The largest absolute Gasteiger partial charge is 0.391 e. The van der Waals surface area contributed by atoms with Gasteiger partial charge in [-0.05, 0) is 24.3 Å². The third-order valence-corrected chi connectivity index (χ3v) is 5.32. The molecule has 1 aromatic carbocycles. The van der Waals surface area contributed by atoms with E-state index in [9.17, 15) is 0 Å². The zero-order valence-electron chi connectivity index (χ0n) is 13.4. The highest BCUT2D eigenvalue weighted by atomic mass is 16.7. The van der Waals surface area contributed by atoms with E-state index >= 15 is 0 Å². The van der Waals surface area contributed by atoms with Crippen LogP contribution in [0, 0.1) is 17.8 Å². The van der Waals surface area contributed by atoms with Crippen LogP contribution in [0.4, 0.5) is 0 Å². The van der Waals surface area contributed by atoms with E-state index in [1.807, 2.05) is 6.07 Å². The molecular weight excluding hydrogens is 294 g/mol. The van der Waals surface area contributed by atoms with Gasteiger partial charge in [0.2, 0.25) is 0 Å². The Labute approximate surface area is 136 Å². The minimum absolute atomic E-state index is 0.240. The van der Waals surface area contributed by atoms with Gasteiger partial charge in [0.15, 0.2) is 0 Å². The molecule has 3 aliphatic rings. The molecule has 124 valence electrons. The Hall–Kier alpha value is -1.43. The van der Waals surface area contributed by atoms with Crippen LogP contribution < -0.4 is 0 Å². The SMILES string of the molecule is COCCOCO[C@H]1C[C@@H]2C[C@H]1[C@H]1C(c3ccccc3)=NO[C@@H]21. The fourth-order valence-electron chi connectivity index (χ4n) is 4.32. The minimum atomic E-state index is 0.240. The van der Waals surface area contributed by atoms with Crippen LogP contribution in [0.5, 0.6) is 0 Å². The molecule has 5 nitrogen and oxygen atoms in total. The third kappa shape index (κ3) is 2.77. The summed E-state index contributed by atoms with van der Waals surface area (Å²) in [6.45, 7) is 1.51. The molecule has 0 radical (unpaired) electrons. The van der Waals surface area contributed by atoms with Crippen LogP contribution in [-0.2, 0) is 19.0 Å². The normalized spacial score (nSPS) is 34.3. The van der Waals surface area contributed by atoms with E-state index in [0.717, 1.165) is 12.1 Å². The topological polar surface area (TPSA) is 49.3 Å². The fourth-order valence-corrected chi connectivity index (χ4v) is 4.32. The second-order valence-corrected chi connectivity index (χ2v) is 6.56. The average Bonchev–Trinajstić information content (AvgIpc) is 3.27. The Morgan fingerprint density at radius 1 is 1.17 bits per heavy atom. The van der Waals surface area contributed by atoms with Crippen LogP contribution in [0.2, 0.25) is 0 Å². The first kappa shape index (κ1) is 15.1. The quantitative estimate of drug-likeness (QED) is 0.572. The lowest BCUT2D eigenvalue weighted by atomic mass is 9.80. The Balaban J connectivity index is 1.40. The molecule has 0 spiro atoms.